The molecule has 1 atom stereocenters. The first-order valence-corrected chi connectivity index (χ1v) is 8.51. The van der Waals surface area contributed by atoms with E-state index in [0.717, 1.165) is 6.42 Å². The Hall–Kier alpha value is -1.99. The summed E-state index contributed by atoms with van der Waals surface area (Å²) in [4.78, 5) is 1.33. The average Bonchev–Trinajstić information content (AvgIpc) is 2.58. The van der Waals surface area contributed by atoms with E-state index in [1.165, 1.54) is 21.6 Å². The second kappa shape index (κ2) is 7.33. The summed E-state index contributed by atoms with van der Waals surface area (Å²) in [5.41, 5.74) is 4.08. The van der Waals surface area contributed by atoms with Crippen molar-refractivity contribution in [3.8, 4) is 0 Å². The SMILES string of the molecule is Cc1ccc(SC(Cc2ccccc2)c2ccccc2)cc1. The third-order valence-electron chi connectivity index (χ3n) is 3.73. The molecule has 3 aromatic rings. The number of benzene rings is 3. The minimum Gasteiger partial charge on any atom is -0.118 e. The van der Waals surface area contributed by atoms with Crippen LogP contribution in [0.4, 0.5) is 0 Å². The number of rotatable bonds is 5. The lowest BCUT2D eigenvalue weighted by atomic mass is 10.0. The van der Waals surface area contributed by atoms with Crippen molar-refractivity contribution in [1.29, 1.82) is 0 Å². The third-order valence-corrected chi connectivity index (χ3v) is 5.00. The van der Waals surface area contributed by atoms with Gasteiger partial charge in [-0.05, 0) is 36.6 Å². The molecule has 0 aliphatic rings. The molecule has 0 aliphatic heterocycles. The normalized spacial score (nSPS) is 12.0. The standard InChI is InChI=1S/C21H20S/c1-17-12-14-20(15-13-17)22-21(19-10-6-3-7-11-19)16-18-8-4-2-5-9-18/h2-15,21H,16H2,1H3. The molecule has 0 aliphatic carbocycles. The van der Waals surface area contributed by atoms with Crippen molar-refractivity contribution >= 4 is 11.8 Å². The van der Waals surface area contributed by atoms with Gasteiger partial charge in [0.05, 0.1) is 0 Å². The van der Waals surface area contributed by atoms with Crippen molar-refractivity contribution in [2.45, 2.75) is 23.5 Å². The first-order valence-electron chi connectivity index (χ1n) is 7.63. The van der Waals surface area contributed by atoms with E-state index < -0.39 is 0 Å². The maximum absolute atomic E-state index is 2.23. The highest BCUT2D eigenvalue weighted by Crippen LogP contribution is 2.37. The van der Waals surface area contributed by atoms with Crippen LogP contribution in [-0.2, 0) is 6.42 Å². The predicted octanol–water partition coefficient (Wildman–Crippen LogP) is 6.07. The Morgan fingerprint density at radius 2 is 1.32 bits per heavy atom. The summed E-state index contributed by atoms with van der Waals surface area (Å²) in [6.45, 7) is 2.13. The van der Waals surface area contributed by atoms with Crippen LogP contribution in [0, 0.1) is 6.92 Å². The summed E-state index contributed by atoms with van der Waals surface area (Å²) in [5, 5.41) is 0.436. The highest BCUT2D eigenvalue weighted by atomic mass is 32.2. The zero-order valence-electron chi connectivity index (χ0n) is 12.8. The van der Waals surface area contributed by atoms with Crippen LogP contribution in [-0.4, -0.2) is 0 Å². The van der Waals surface area contributed by atoms with Gasteiger partial charge in [-0.2, -0.15) is 0 Å². The van der Waals surface area contributed by atoms with Gasteiger partial charge >= 0.3 is 0 Å². The molecule has 110 valence electrons. The molecule has 0 nitrogen and oxygen atoms in total. The molecular weight excluding hydrogens is 284 g/mol. The summed E-state index contributed by atoms with van der Waals surface area (Å²) in [6, 6.07) is 30.4. The molecule has 0 bridgehead atoms. The van der Waals surface area contributed by atoms with Gasteiger partial charge in [-0.15, -0.1) is 11.8 Å². The van der Waals surface area contributed by atoms with Crippen molar-refractivity contribution in [1.82, 2.24) is 0 Å². The fraction of sp³-hybridized carbons (Fsp3) is 0.143. The van der Waals surface area contributed by atoms with Crippen molar-refractivity contribution in [2.24, 2.45) is 0 Å². The van der Waals surface area contributed by atoms with E-state index in [0.29, 0.717) is 5.25 Å². The Kier molecular flexibility index (Phi) is 4.97. The predicted molar refractivity (Wildman–Crippen MR) is 96.4 cm³/mol. The molecule has 0 heterocycles. The fourth-order valence-electron chi connectivity index (χ4n) is 2.50. The largest absolute Gasteiger partial charge is 0.118 e. The van der Waals surface area contributed by atoms with Gasteiger partial charge in [-0.3, -0.25) is 0 Å². The molecule has 22 heavy (non-hydrogen) atoms. The van der Waals surface area contributed by atoms with Gasteiger partial charge in [0, 0.05) is 10.1 Å². The number of hydrogen-bond acceptors (Lipinski definition) is 1. The summed E-state index contributed by atoms with van der Waals surface area (Å²) in [5.74, 6) is 0. The van der Waals surface area contributed by atoms with E-state index in [4.69, 9.17) is 0 Å². The minimum absolute atomic E-state index is 0.436. The highest BCUT2D eigenvalue weighted by Gasteiger charge is 2.13. The molecule has 0 aromatic heterocycles. The van der Waals surface area contributed by atoms with Gasteiger partial charge in [0.2, 0.25) is 0 Å². The molecule has 0 radical (unpaired) electrons. The van der Waals surface area contributed by atoms with E-state index >= 15 is 0 Å². The van der Waals surface area contributed by atoms with Gasteiger partial charge in [-0.25, -0.2) is 0 Å². The van der Waals surface area contributed by atoms with E-state index in [-0.39, 0.29) is 0 Å². The Morgan fingerprint density at radius 1 is 0.727 bits per heavy atom. The van der Waals surface area contributed by atoms with Crippen LogP contribution >= 0.6 is 11.8 Å². The Morgan fingerprint density at radius 3 is 1.95 bits per heavy atom. The smallest absolute Gasteiger partial charge is 0.0384 e. The quantitative estimate of drug-likeness (QED) is 0.515. The lowest BCUT2D eigenvalue weighted by Gasteiger charge is -2.17. The van der Waals surface area contributed by atoms with Crippen molar-refractivity contribution < 1.29 is 0 Å². The molecular formula is C21H20S. The maximum atomic E-state index is 2.23. The number of aryl methyl sites for hydroxylation is 1. The van der Waals surface area contributed by atoms with Crippen molar-refractivity contribution in [2.75, 3.05) is 0 Å². The van der Waals surface area contributed by atoms with Crippen LogP contribution in [0.15, 0.2) is 89.8 Å². The molecule has 3 aromatic carbocycles. The molecule has 0 spiro atoms. The van der Waals surface area contributed by atoms with E-state index in [1.54, 1.807) is 0 Å². The van der Waals surface area contributed by atoms with Gasteiger partial charge in [-0.1, -0.05) is 78.4 Å². The summed E-state index contributed by atoms with van der Waals surface area (Å²) >= 11 is 1.95. The zero-order chi connectivity index (χ0) is 15.2. The van der Waals surface area contributed by atoms with Gasteiger partial charge in [0.15, 0.2) is 0 Å². The van der Waals surface area contributed by atoms with Crippen LogP contribution in [0.5, 0.6) is 0 Å². The monoisotopic (exact) mass is 304 g/mol. The van der Waals surface area contributed by atoms with Crippen LogP contribution < -0.4 is 0 Å². The Balaban J connectivity index is 1.84. The molecule has 0 fully saturated rings. The molecule has 1 heteroatoms. The van der Waals surface area contributed by atoms with Crippen LogP contribution in [0.3, 0.4) is 0 Å². The molecule has 0 N–H and O–H groups in total. The zero-order valence-corrected chi connectivity index (χ0v) is 13.6. The summed E-state index contributed by atoms with van der Waals surface area (Å²) in [7, 11) is 0. The van der Waals surface area contributed by atoms with E-state index in [2.05, 4.69) is 91.9 Å². The van der Waals surface area contributed by atoms with Crippen LogP contribution in [0.2, 0.25) is 0 Å². The molecule has 3 rings (SSSR count). The fourth-order valence-corrected chi connectivity index (χ4v) is 3.70. The van der Waals surface area contributed by atoms with Crippen molar-refractivity contribution in [3.05, 3.63) is 102 Å². The Bertz CT molecular complexity index is 687. The number of hydrogen-bond donors (Lipinski definition) is 0. The van der Waals surface area contributed by atoms with E-state index in [1.807, 2.05) is 11.8 Å². The Labute approximate surface area is 137 Å². The number of thioether (sulfide) groups is 1. The lowest BCUT2D eigenvalue weighted by Crippen LogP contribution is -1.99. The van der Waals surface area contributed by atoms with Crippen LogP contribution in [0.1, 0.15) is 21.9 Å². The first kappa shape index (κ1) is 14.9. The topological polar surface area (TPSA) is 0 Å². The second-order valence-corrected chi connectivity index (χ2v) is 6.80. The lowest BCUT2D eigenvalue weighted by molar-refractivity contribution is 0.931. The molecule has 0 saturated carbocycles. The van der Waals surface area contributed by atoms with Crippen LogP contribution in [0.25, 0.3) is 0 Å². The highest BCUT2D eigenvalue weighted by molar-refractivity contribution is 7.99. The van der Waals surface area contributed by atoms with Crippen molar-refractivity contribution in [3.63, 3.8) is 0 Å². The van der Waals surface area contributed by atoms with E-state index in [9.17, 15) is 0 Å². The van der Waals surface area contributed by atoms with Gasteiger partial charge in [0.1, 0.15) is 0 Å². The summed E-state index contributed by atoms with van der Waals surface area (Å²) < 4.78 is 0. The van der Waals surface area contributed by atoms with Gasteiger partial charge in [0.25, 0.3) is 0 Å². The average molecular weight is 304 g/mol. The van der Waals surface area contributed by atoms with Gasteiger partial charge < -0.3 is 0 Å². The third kappa shape index (κ3) is 4.02. The molecule has 0 saturated heterocycles. The maximum Gasteiger partial charge on any atom is 0.0384 e. The first-order chi connectivity index (χ1) is 10.8. The molecule has 0 amide bonds. The summed E-state index contributed by atoms with van der Waals surface area (Å²) in [6.07, 6.45) is 1.05. The molecule has 1 unspecified atom stereocenters. The second-order valence-electron chi connectivity index (χ2n) is 5.52. The minimum atomic E-state index is 0.436.